The molecule has 0 amide bonds. The van der Waals surface area contributed by atoms with E-state index in [1.807, 2.05) is 19.2 Å². The third-order valence-corrected chi connectivity index (χ3v) is 3.50. The lowest BCUT2D eigenvalue weighted by Crippen LogP contribution is -2.18. The third kappa shape index (κ3) is 1.71. The molecule has 3 rings (SSSR count). The molecule has 1 aliphatic heterocycles. The van der Waals surface area contributed by atoms with Gasteiger partial charge in [0, 0.05) is 47.1 Å². The fourth-order valence-electron chi connectivity index (χ4n) is 2.58. The van der Waals surface area contributed by atoms with Crippen LogP contribution in [0.5, 0.6) is 0 Å². The van der Waals surface area contributed by atoms with Gasteiger partial charge in [-0.1, -0.05) is 0 Å². The molecule has 0 saturated carbocycles. The molecule has 0 radical (unpaired) electrons. The highest BCUT2D eigenvalue weighted by Gasteiger charge is 2.15. The zero-order valence-corrected chi connectivity index (χ0v) is 10.1. The standard InChI is InChI=1S/C14H17N3/c1-10-8-11-12(9-16-10)13(15)4-5-14(11)17-6-2-3-7-17/h4-5,8-9H,2-3,6-7,15H2,1H3. The molecule has 3 heteroatoms. The molecular formula is C14H17N3. The Morgan fingerprint density at radius 1 is 1.18 bits per heavy atom. The number of nitrogens with zero attached hydrogens (tertiary/aromatic N) is 2. The van der Waals surface area contributed by atoms with Gasteiger partial charge in [-0.25, -0.2) is 0 Å². The number of pyridine rings is 1. The highest BCUT2D eigenvalue weighted by atomic mass is 15.1. The molecule has 1 aromatic carbocycles. The molecule has 1 aliphatic rings. The van der Waals surface area contributed by atoms with Crippen LogP contribution in [0.2, 0.25) is 0 Å². The van der Waals surface area contributed by atoms with Crippen LogP contribution in [0.4, 0.5) is 11.4 Å². The van der Waals surface area contributed by atoms with Crippen molar-refractivity contribution in [2.45, 2.75) is 19.8 Å². The van der Waals surface area contributed by atoms with Gasteiger partial charge in [0.2, 0.25) is 0 Å². The summed E-state index contributed by atoms with van der Waals surface area (Å²) in [6, 6.07) is 6.27. The maximum Gasteiger partial charge on any atom is 0.0448 e. The number of anilines is 2. The van der Waals surface area contributed by atoms with Crippen LogP contribution in [0.25, 0.3) is 10.8 Å². The third-order valence-electron chi connectivity index (χ3n) is 3.50. The van der Waals surface area contributed by atoms with Gasteiger partial charge in [0.15, 0.2) is 0 Å². The van der Waals surface area contributed by atoms with Crippen LogP contribution in [0.1, 0.15) is 18.5 Å². The molecule has 0 bridgehead atoms. The smallest absolute Gasteiger partial charge is 0.0448 e. The molecule has 0 unspecified atom stereocenters. The Balaban J connectivity index is 2.23. The Bertz CT molecular complexity index is 557. The first-order valence-corrected chi connectivity index (χ1v) is 6.15. The van der Waals surface area contributed by atoms with E-state index in [0.717, 1.165) is 29.9 Å². The van der Waals surface area contributed by atoms with E-state index in [1.165, 1.54) is 23.9 Å². The number of benzene rings is 1. The van der Waals surface area contributed by atoms with Gasteiger partial charge in [-0.05, 0) is 38.0 Å². The monoisotopic (exact) mass is 227 g/mol. The molecule has 0 spiro atoms. The predicted octanol–water partition coefficient (Wildman–Crippen LogP) is 2.73. The van der Waals surface area contributed by atoms with Crippen molar-refractivity contribution in [1.29, 1.82) is 0 Å². The highest BCUT2D eigenvalue weighted by molar-refractivity contribution is 6.01. The minimum absolute atomic E-state index is 0.815. The van der Waals surface area contributed by atoms with Crippen LogP contribution in [-0.4, -0.2) is 18.1 Å². The van der Waals surface area contributed by atoms with Gasteiger partial charge in [-0.15, -0.1) is 0 Å². The number of hydrogen-bond donors (Lipinski definition) is 1. The molecule has 1 fully saturated rings. The van der Waals surface area contributed by atoms with Crippen LogP contribution in [0.15, 0.2) is 24.4 Å². The SMILES string of the molecule is Cc1cc2c(N3CCCC3)ccc(N)c2cn1. The molecule has 2 heterocycles. The molecule has 1 aromatic heterocycles. The zero-order valence-electron chi connectivity index (χ0n) is 10.1. The van der Waals surface area contributed by atoms with Crippen molar-refractivity contribution in [3.8, 4) is 0 Å². The summed E-state index contributed by atoms with van der Waals surface area (Å²) < 4.78 is 0. The molecule has 3 nitrogen and oxygen atoms in total. The van der Waals surface area contributed by atoms with Gasteiger partial charge >= 0.3 is 0 Å². The van der Waals surface area contributed by atoms with E-state index < -0.39 is 0 Å². The Morgan fingerprint density at radius 2 is 1.94 bits per heavy atom. The highest BCUT2D eigenvalue weighted by Crippen LogP contribution is 2.32. The number of aromatic nitrogens is 1. The van der Waals surface area contributed by atoms with Gasteiger partial charge < -0.3 is 10.6 Å². The van der Waals surface area contributed by atoms with Crippen LogP contribution in [-0.2, 0) is 0 Å². The maximum atomic E-state index is 6.02. The predicted molar refractivity (Wildman–Crippen MR) is 72.3 cm³/mol. The zero-order chi connectivity index (χ0) is 11.8. The van der Waals surface area contributed by atoms with Crippen molar-refractivity contribution >= 4 is 22.1 Å². The number of nitrogen functional groups attached to an aromatic ring is 1. The quantitative estimate of drug-likeness (QED) is 0.762. The Hall–Kier alpha value is -1.77. The average molecular weight is 227 g/mol. The summed E-state index contributed by atoms with van der Waals surface area (Å²) >= 11 is 0. The van der Waals surface area contributed by atoms with Gasteiger partial charge in [-0.3, -0.25) is 4.98 Å². The lowest BCUT2D eigenvalue weighted by atomic mass is 10.1. The van der Waals surface area contributed by atoms with Crippen molar-refractivity contribution in [2.75, 3.05) is 23.7 Å². The molecule has 0 aliphatic carbocycles. The first kappa shape index (κ1) is 10.4. The lowest BCUT2D eigenvalue weighted by molar-refractivity contribution is 0.949. The number of rotatable bonds is 1. The van der Waals surface area contributed by atoms with Gasteiger partial charge in [0.25, 0.3) is 0 Å². The molecule has 17 heavy (non-hydrogen) atoms. The van der Waals surface area contributed by atoms with Crippen molar-refractivity contribution in [1.82, 2.24) is 4.98 Å². The van der Waals surface area contributed by atoms with E-state index in [-0.39, 0.29) is 0 Å². The van der Waals surface area contributed by atoms with Crippen molar-refractivity contribution in [2.24, 2.45) is 0 Å². The average Bonchev–Trinajstić information content (AvgIpc) is 2.83. The Labute approximate surface area is 101 Å². The summed E-state index contributed by atoms with van der Waals surface area (Å²) in [7, 11) is 0. The fourth-order valence-corrected chi connectivity index (χ4v) is 2.58. The second kappa shape index (κ2) is 3.91. The van der Waals surface area contributed by atoms with Crippen molar-refractivity contribution in [3.05, 3.63) is 30.1 Å². The first-order chi connectivity index (χ1) is 8.25. The summed E-state index contributed by atoms with van der Waals surface area (Å²) in [6.07, 6.45) is 4.46. The minimum atomic E-state index is 0.815. The van der Waals surface area contributed by atoms with E-state index in [0.29, 0.717) is 0 Å². The topological polar surface area (TPSA) is 42.1 Å². The van der Waals surface area contributed by atoms with Crippen molar-refractivity contribution < 1.29 is 0 Å². The van der Waals surface area contributed by atoms with Crippen LogP contribution in [0, 0.1) is 6.92 Å². The lowest BCUT2D eigenvalue weighted by Gasteiger charge is -2.20. The molecule has 0 atom stereocenters. The minimum Gasteiger partial charge on any atom is -0.398 e. The summed E-state index contributed by atoms with van der Waals surface area (Å²) in [6.45, 7) is 4.33. The molecule has 88 valence electrons. The van der Waals surface area contributed by atoms with Gasteiger partial charge in [0.1, 0.15) is 0 Å². The Kier molecular flexibility index (Phi) is 2.39. The normalized spacial score (nSPS) is 15.7. The number of hydrogen-bond acceptors (Lipinski definition) is 3. The first-order valence-electron chi connectivity index (χ1n) is 6.15. The fraction of sp³-hybridized carbons (Fsp3) is 0.357. The summed E-state index contributed by atoms with van der Waals surface area (Å²) in [5.74, 6) is 0. The van der Waals surface area contributed by atoms with Gasteiger partial charge in [0.05, 0.1) is 0 Å². The molecular weight excluding hydrogens is 210 g/mol. The van der Waals surface area contributed by atoms with Crippen LogP contribution >= 0.6 is 0 Å². The number of aryl methyl sites for hydroxylation is 1. The largest absolute Gasteiger partial charge is 0.398 e. The van der Waals surface area contributed by atoms with E-state index in [2.05, 4.69) is 22.0 Å². The van der Waals surface area contributed by atoms with Crippen LogP contribution in [0.3, 0.4) is 0 Å². The molecule has 1 saturated heterocycles. The number of fused-ring (bicyclic) bond motifs is 1. The van der Waals surface area contributed by atoms with E-state index in [1.54, 1.807) is 0 Å². The summed E-state index contributed by atoms with van der Waals surface area (Å²) in [4.78, 5) is 6.78. The second-order valence-electron chi connectivity index (χ2n) is 4.74. The van der Waals surface area contributed by atoms with Crippen LogP contribution < -0.4 is 10.6 Å². The Morgan fingerprint density at radius 3 is 2.71 bits per heavy atom. The number of nitrogens with two attached hydrogens (primary N) is 1. The van der Waals surface area contributed by atoms with E-state index >= 15 is 0 Å². The summed E-state index contributed by atoms with van der Waals surface area (Å²) in [5.41, 5.74) is 9.18. The summed E-state index contributed by atoms with van der Waals surface area (Å²) in [5, 5.41) is 2.31. The maximum absolute atomic E-state index is 6.02. The van der Waals surface area contributed by atoms with E-state index in [4.69, 9.17) is 5.73 Å². The second-order valence-corrected chi connectivity index (χ2v) is 4.74. The van der Waals surface area contributed by atoms with Gasteiger partial charge in [-0.2, -0.15) is 0 Å². The molecule has 2 N–H and O–H groups in total. The van der Waals surface area contributed by atoms with Crippen molar-refractivity contribution in [3.63, 3.8) is 0 Å². The molecule has 2 aromatic rings. The van der Waals surface area contributed by atoms with E-state index in [9.17, 15) is 0 Å².